The van der Waals surface area contributed by atoms with Crippen LogP contribution in [0.15, 0.2) is 18.2 Å². The number of benzene rings is 1. The highest BCUT2D eigenvalue weighted by atomic mass is 32.2. The van der Waals surface area contributed by atoms with Crippen LogP contribution in [0.2, 0.25) is 0 Å². The monoisotopic (exact) mass is 236 g/mol. The van der Waals surface area contributed by atoms with Crippen LogP contribution in [0.3, 0.4) is 0 Å². The summed E-state index contributed by atoms with van der Waals surface area (Å²) in [6.45, 7) is 2.93. The lowest BCUT2D eigenvalue weighted by Crippen LogP contribution is -2.03. The van der Waals surface area contributed by atoms with Crippen LogP contribution in [0, 0.1) is 0 Å². The Balaban J connectivity index is 2.51. The summed E-state index contributed by atoms with van der Waals surface area (Å²) >= 11 is 1.27. The Bertz CT molecular complexity index is 401. The average Bonchev–Trinajstić information content (AvgIpc) is 2.50. The molecule has 0 bridgehead atoms. The molecule has 0 aliphatic carbocycles. The zero-order chi connectivity index (χ0) is 11.5. The number of hydrogen-bond acceptors (Lipinski definition) is 3. The van der Waals surface area contributed by atoms with Crippen LogP contribution in [0.25, 0.3) is 0 Å². The van der Waals surface area contributed by atoms with Gasteiger partial charge in [0.1, 0.15) is 5.75 Å². The molecule has 1 aromatic carbocycles. The molecule has 0 saturated carbocycles. The Kier molecular flexibility index (Phi) is 3.54. The summed E-state index contributed by atoms with van der Waals surface area (Å²) in [7, 11) is 0. The van der Waals surface area contributed by atoms with Gasteiger partial charge in [-0.1, -0.05) is 24.8 Å². The Hall–Kier alpha value is -0.960. The topological polar surface area (TPSA) is 26.3 Å². The zero-order valence-electron chi connectivity index (χ0n) is 9.66. The maximum absolute atomic E-state index is 11.9. The fourth-order valence-electron chi connectivity index (χ4n) is 2.18. The fourth-order valence-corrected chi connectivity index (χ4v) is 2.58. The first kappa shape index (κ1) is 11.5. The number of carbonyl (C=O) groups is 1. The van der Waals surface area contributed by atoms with Gasteiger partial charge >= 0.3 is 0 Å². The van der Waals surface area contributed by atoms with Crippen molar-refractivity contribution in [2.45, 2.75) is 25.7 Å². The lowest BCUT2D eigenvalue weighted by molar-refractivity contribution is 0.108. The Labute approximate surface area is 100 Å². The zero-order valence-corrected chi connectivity index (χ0v) is 10.5. The molecule has 1 unspecified atom stereocenters. The molecule has 86 valence electrons. The van der Waals surface area contributed by atoms with E-state index in [0.717, 1.165) is 36.3 Å². The molecule has 0 N–H and O–H groups in total. The smallest absolute Gasteiger partial charge is 0.219 e. The predicted octanol–water partition coefficient (Wildman–Crippen LogP) is 3.47. The summed E-state index contributed by atoms with van der Waals surface area (Å²) in [5, 5.41) is 0.134. The van der Waals surface area contributed by atoms with Gasteiger partial charge < -0.3 is 4.74 Å². The van der Waals surface area contributed by atoms with E-state index in [0.29, 0.717) is 5.92 Å². The molecule has 1 aliphatic heterocycles. The number of hydrogen-bond donors (Lipinski definition) is 0. The van der Waals surface area contributed by atoms with Gasteiger partial charge in [-0.3, -0.25) is 4.79 Å². The highest BCUT2D eigenvalue weighted by molar-refractivity contribution is 8.13. The van der Waals surface area contributed by atoms with Gasteiger partial charge in [0.05, 0.1) is 6.61 Å². The molecule has 16 heavy (non-hydrogen) atoms. The maximum Gasteiger partial charge on any atom is 0.219 e. The number of carbonyl (C=O) groups excluding carboxylic acids is 1. The second kappa shape index (κ2) is 4.91. The Morgan fingerprint density at radius 2 is 2.31 bits per heavy atom. The minimum atomic E-state index is 0.134. The highest BCUT2D eigenvalue weighted by Gasteiger charge is 2.22. The largest absolute Gasteiger partial charge is 0.493 e. The number of ether oxygens (including phenoxy) is 1. The van der Waals surface area contributed by atoms with Crippen molar-refractivity contribution < 1.29 is 9.53 Å². The molecule has 0 radical (unpaired) electrons. The van der Waals surface area contributed by atoms with Crippen molar-refractivity contribution >= 4 is 16.9 Å². The molecule has 0 saturated heterocycles. The van der Waals surface area contributed by atoms with Gasteiger partial charge in [-0.2, -0.15) is 0 Å². The van der Waals surface area contributed by atoms with E-state index in [9.17, 15) is 4.79 Å². The van der Waals surface area contributed by atoms with Gasteiger partial charge in [-0.25, -0.2) is 0 Å². The van der Waals surface area contributed by atoms with Crippen LogP contribution >= 0.6 is 11.8 Å². The third-order valence-electron chi connectivity index (χ3n) is 3.00. The van der Waals surface area contributed by atoms with Crippen LogP contribution in [0.4, 0.5) is 0 Å². The summed E-state index contributed by atoms with van der Waals surface area (Å²) < 4.78 is 5.69. The van der Waals surface area contributed by atoms with Crippen LogP contribution in [-0.2, 0) is 0 Å². The lowest BCUT2D eigenvalue weighted by atomic mass is 9.92. The molecule has 0 aromatic heterocycles. The first-order valence-corrected chi connectivity index (χ1v) is 6.80. The van der Waals surface area contributed by atoms with Crippen LogP contribution in [0.1, 0.15) is 41.6 Å². The van der Waals surface area contributed by atoms with Crippen LogP contribution < -0.4 is 4.74 Å². The second-order valence-electron chi connectivity index (χ2n) is 4.10. The van der Waals surface area contributed by atoms with E-state index in [2.05, 4.69) is 6.92 Å². The SMILES string of the molecule is CSC(=O)c1cccc2c1C(C)CCCO2. The van der Waals surface area contributed by atoms with Crippen molar-refractivity contribution in [3.05, 3.63) is 29.3 Å². The van der Waals surface area contributed by atoms with E-state index in [1.807, 2.05) is 24.5 Å². The van der Waals surface area contributed by atoms with Crippen molar-refractivity contribution in [2.75, 3.05) is 12.9 Å². The molecule has 0 spiro atoms. The third kappa shape index (κ3) is 2.09. The van der Waals surface area contributed by atoms with E-state index in [4.69, 9.17) is 4.74 Å². The second-order valence-corrected chi connectivity index (χ2v) is 4.88. The molecule has 2 nitrogen and oxygen atoms in total. The van der Waals surface area contributed by atoms with Crippen molar-refractivity contribution in [2.24, 2.45) is 0 Å². The number of fused-ring (bicyclic) bond motifs is 1. The van der Waals surface area contributed by atoms with Crippen LogP contribution in [-0.4, -0.2) is 18.0 Å². The molecule has 2 rings (SSSR count). The van der Waals surface area contributed by atoms with Gasteiger partial charge in [-0.05, 0) is 37.1 Å². The van der Waals surface area contributed by atoms with Gasteiger partial charge in [0.15, 0.2) is 0 Å². The average molecular weight is 236 g/mol. The molecule has 0 fully saturated rings. The molecule has 1 atom stereocenters. The molecule has 1 aromatic rings. The molecule has 0 amide bonds. The molecule has 3 heteroatoms. The van der Waals surface area contributed by atoms with E-state index in [1.165, 1.54) is 11.8 Å². The van der Waals surface area contributed by atoms with Gasteiger partial charge in [0.2, 0.25) is 5.12 Å². The van der Waals surface area contributed by atoms with E-state index >= 15 is 0 Å². The summed E-state index contributed by atoms with van der Waals surface area (Å²) in [6.07, 6.45) is 3.97. The van der Waals surface area contributed by atoms with Gasteiger partial charge in [0, 0.05) is 11.1 Å². The fraction of sp³-hybridized carbons (Fsp3) is 0.462. The van der Waals surface area contributed by atoms with Crippen LogP contribution in [0.5, 0.6) is 5.75 Å². The summed E-state index contributed by atoms with van der Waals surface area (Å²) in [6, 6.07) is 5.78. The lowest BCUT2D eigenvalue weighted by Gasteiger charge is -2.15. The van der Waals surface area contributed by atoms with Crippen molar-refractivity contribution in [1.29, 1.82) is 0 Å². The Morgan fingerprint density at radius 3 is 3.06 bits per heavy atom. The number of thioether (sulfide) groups is 1. The summed E-state index contributed by atoms with van der Waals surface area (Å²) in [5.74, 6) is 1.30. The maximum atomic E-state index is 11.9. The normalized spacial score (nSPS) is 19.5. The quantitative estimate of drug-likeness (QED) is 0.747. The third-order valence-corrected chi connectivity index (χ3v) is 3.59. The molecular formula is C13H16O2S. The Morgan fingerprint density at radius 1 is 1.50 bits per heavy atom. The van der Waals surface area contributed by atoms with Crippen molar-refractivity contribution in [3.63, 3.8) is 0 Å². The molecule has 1 aliphatic rings. The summed E-state index contributed by atoms with van der Waals surface area (Å²) in [4.78, 5) is 11.9. The molecular weight excluding hydrogens is 220 g/mol. The van der Waals surface area contributed by atoms with Gasteiger partial charge in [-0.15, -0.1) is 0 Å². The number of rotatable bonds is 1. The van der Waals surface area contributed by atoms with E-state index in [-0.39, 0.29) is 5.12 Å². The van der Waals surface area contributed by atoms with E-state index < -0.39 is 0 Å². The summed E-state index contributed by atoms with van der Waals surface area (Å²) in [5.41, 5.74) is 1.92. The van der Waals surface area contributed by atoms with Crippen molar-refractivity contribution in [1.82, 2.24) is 0 Å². The predicted molar refractivity (Wildman–Crippen MR) is 67.4 cm³/mol. The molecule has 1 heterocycles. The standard InChI is InChI=1S/C13H16O2S/c1-9-5-4-8-15-11-7-3-6-10(12(9)11)13(14)16-2/h3,6-7,9H,4-5,8H2,1-2H3. The van der Waals surface area contributed by atoms with E-state index in [1.54, 1.807) is 0 Å². The first-order valence-electron chi connectivity index (χ1n) is 5.58. The van der Waals surface area contributed by atoms with Gasteiger partial charge in [0.25, 0.3) is 0 Å². The minimum Gasteiger partial charge on any atom is -0.493 e. The van der Waals surface area contributed by atoms with Crippen molar-refractivity contribution in [3.8, 4) is 5.75 Å². The first-order chi connectivity index (χ1) is 7.74. The highest BCUT2D eigenvalue weighted by Crippen LogP contribution is 2.36. The minimum absolute atomic E-state index is 0.134.